The van der Waals surface area contributed by atoms with Gasteiger partial charge in [0.15, 0.2) is 0 Å². The van der Waals surface area contributed by atoms with E-state index in [-0.39, 0.29) is 11.9 Å². The van der Waals surface area contributed by atoms with Crippen molar-refractivity contribution in [3.8, 4) is 5.69 Å². The number of rotatable bonds is 1. The van der Waals surface area contributed by atoms with Crippen LogP contribution in [-0.4, -0.2) is 26.9 Å². The van der Waals surface area contributed by atoms with Crippen LogP contribution in [0.4, 0.5) is 0 Å². The van der Waals surface area contributed by atoms with E-state index in [0.717, 1.165) is 30.0 Å². The maximum atomic E-state index is 12.7. The molecule has 1 atom stereocenters. The van der Waals surface area contributed by atoms with Crippen molar-refractivity contribution in [2.24, 2.45) is 0 Å². The average molecular weight is 286 g/mol. The lowest BCUT2D eigenvalue weighted by Crippen LogP contribution is -2.44. The van der Waals surface area contributed by atoms with Crippen molar-refractivity contribution >= 4 is 23.6 Å². The Morgan fingerprint density at radius 3 is 3.00 bits per heavy atom. The molecule has 20 heavy (non-hydrogen) atoms. The molecular formula is C15H12ClN3O. The summed E-state index contributed by atoms with van der Waals surface area (Å²) in [4.78, 5) is 18.9. The van der Waals surface area contributed by atoms with Crippen molar-refractivity contribution in [3.63, 3.8) is 0 Å². The monoisotopic (exact) mass is 285 g/mol. The van der Waals surface area contributed by atoms with Gasteiger partial charge in [0.1, 0.15) is 6.33 Å². The van der Waals surface area contributed by atoms with Crippen molar-refractivity contribution in [1.29, 1.82) is 0 Å². The number of halogens is 1. The number of benzene rings is 1. The average Bonchev–Trinajstić information content (AvgIpc) is 2.77. The molecule has 0 N–H and O–H groups in total. The summed E-state index contributed by atoms with van der Waals surface area (Å²) in [5.74, 6) is 0.000521. The van der Waals surface area contributed by atoms with Gasteiger partial charge in [-0.2, -0.15) is 0 Å². The highest BCUT2D eigenvalue weighted by atomic mass is 35.5. The molecule has 0 saturated carbocycles. The first-order chi connectivity index (χ1) is 9.72. The van der Waals surface area contributed by atoms with Gasteiger partial charge in [-0.1, -0.05) is 24.2 Å². The fraction of sp³-hybridized carbons (Fsp3) is 0.200. The first-order valence-corrected chi connectivity index (χ1v) is 6.89. The zero-order valence-electron chi connectivity index (χ0n) is 10.7. The molecule has 1 amide bonds. The van der Waals surface area contributed by atoms with Gasteiger partial charge < -0.3 is 4.90 Å². The van der Waals surface area contributed by atoms with Gasteiger partial charge in [-0.25, -0.2) is 4.98 Å². The number of nitrogens with zero attached hydrogens (tertiary/aromatic N) is 3. The largest absolute Gasteiger partial charge is 0.330 e. The number of fused-ring (bicyclic) bond motifs is 5. The molecule has 5 heteroatoms. The van der Waals surface area contributed by atoms with Gasteiger partial charge in [0, 0.05) is 6.54 Å². The van der Waals surface area contributed by atoms with E-state index in [1.165, 1.54) is 0 Å². The summed E-state index contributed by atoms with van der Waals surface area (Å²) in [7, 11) is 0. The molecule has 1 saturated heterocycles. The van der Waals surface area contributed by atoms with Crippen molar-refractivity contribution in [3.05, 3.63) is 53.1 Å². The van der Waals surface area contributed by atoms with E-state index in [0.29, 0.717) is 10.6 Å². The van der Waals surface area contributed by atoms with Gasteiger partial charge in [0.25, 0.3) is 5.91 Å². The normalized spacial score (nSPS) is 19.6. The predicted octanol–water partition coefficient (Wildman–Crippen LogP) is 3.07. The SMILES string of the molecule is C=Cc1ncn2c1[C@@H]1CCN1C(=O)c1c(Cl)cccc1-2. The highest BCUT2D eigenvalue weighted by Gasteiger charge is 2.41. The summed E-state index contributed by atoms with van der Waals surface area (Å²) in [6.45, 7) is 4.57. The molecule has 1 aromatic heterocycles. The highest BCUT2D eigenvalue weighted by molar-refractivity contribution is 6.34. The van der Waals surface area contributed by atoms with Crippen LogP contribution in [0.25, 0.3) is 11.8 Å². The van der Waals surface area contributed by atoms with Crippen molar-refractivity contribution in [1.82, 2.24) is 14.5 Å². The number of carbonyl (C=O) groups excluding carboxylic acids is 1. The van der Waals surface area contributed by atoms with E-state index in [1.54, 1.807) is 18.5 Å². The number of imidazole rings is 1. The summed E-state index contributed by atoms with van der Waals surface area (Å²) in [6.07, 6.45) is 4.43. The second kappa shape index (κ2) is 3.96. The number of carbonyl (C=O) groups is 1. The number of amides is 1. The topological polar surface area (TPSA) is 38.1 Å². The van der Waals surface area contributed by atoms with Crippen LogP contribution in [0.5, 0.6) is 0 Å². The summed E-state index contributed by atoms with van der Waals surface area (Å²) < 4.78 is 1.97. The van der Waals surface area contributed by atoms with E-state index in [9.17, 15) is 4.79 Å². The van der Waals surface area contributed by atoms with Crippen LogP contribution in [0.3, 0.4) is 0 Å². The molecule has 1 aromatic carbocycles. The van der Waals surface area contributed by atoms with E-state index >= 15 is 0 Å². The van der Waals surface area contributed by atoms with Crippen LogP contribution in [0.2, 0.25) is 5.02 Å². The van der Waals surface area contributed by atoms with E-state index < -0.39 is 0 Å². The maximum absolute atomic E-state index is 12.7. The minimum atomic E-state index is 0.000521. The number of hydrogen-bond acceptors (Lipinski definition) is 2. The molecular weight excluding hydrogens is 274 g/mol. The molecule has 2 aliphatic heterocycles. The summed E-state index contributed by atoms with van der Waals surface area (Å²) in [6, 6.07) is 5.59. The molecule has 2 aliphatic rings. The molecule has 100 valence electrons. The molecule has 0 radical (unpaired) electrons. The number of aromatic nitrogens is 2. The van der Waals surface area contributed by atoms with Crippen molar-refractivity contribution in [2.75, 3.05) is 6.54 Å². The fourth-order valence-corrected chi connectivity index (χ4v) is 3.29. The molecule has 1 fully saturated rings. The fourth-order valence-electron chi connectivity index (χ4n) is 3.04. The molecule has 0 unspecified atom stereocenters. The highest BCUT2D eigenvalue weighted by Crippen LogP contribution is 2.42. The van der Waals surface area contributed by atoms with Crippen LogP contribution >= 0.6 is 11.6 Å². The molecule has 2 aromatic rings. The van der Waals surface area contributed by atoms with Gasteiger partial charge in [-0.15, -0.1) is 0 Å². The van der Waals surface area contributed by atoms with E-state index in [1.807, 2.05) is 21.6 Å². The zero-order chi connectivity index (χ0) is 13.9. The summed E-state index contributed by atoms with van der Waals surface area (Å²) >= 11 is 6.25. The lowest BCUT2D eigenvalue weighted by Gasteiger charge is -2.39. The molecule has 3 heterocycles. The van der Waals surface area contributed by atoms with E-state index in [2.05, 4.69) is 11.6 Å². The quantitative estimate of drug-likeness (QED) is 0.807. The number of hydrogen-bond donors (Lipinski definition) is 0. The Balaban J connectivity index is 2.08. The third-order valence-corrected chi connectivity index (χ3v) is 4.40. The second-order valence-electron chi connectivity index (χ2n) is 5.03. The van der Waals surface area contributed by atoms with E-state index in [4.69, 9.17) is 11.6 Å². The third-order valence-electron chi connectivity index (χ3n) is 4.09. The molecule has 4 rings (SSSR count). The lowest BCUT2D eigenvalue weighted by molar-refractivity contribution is 0.0460. The Labute approximate surface area is 121 Å². The van der Waals surface area contributed by atoms with Crippen LogP contribution in [-0.2, 0) is 0 Å². The minimum absolute atomic E-state index is 0.000521. The Morgan fingerprint density at radius 1 is 1.45 bits per heavy atom. The minimum Gasteiger partial charge on any atom is -0.330 e. The van der Waals surface area contributed by atoms with Gasteiger partial charge in [0.05, 0.1) is 33.7 Å². The van der Waals surface area contributed by atoms with Gasteiger partial charge in [-0.05, 0) is 24.6 Å². The predicted molar refractivity (Wildman–Crippen MR) is 77.1 cm³/mol. The van der Waals surface area contributed by atoms with Crippen LogP contribution in [0, 0.1) is 0 Å². The Morgan fingerprint density at radius 2 is 2.30 bits per heavy atom. The lowest BCUT2D eigenvalue weighted by atomic mass is 9.97. The van der Waals surface area contributed by atoms with Crippen molar-refractivity contribution in [2.45, 2.75) is 12.5 Å². The Hall–Kier alpha value is -2.07. The molecule has 4 nitrogen and oxygen atoms in total. The Bertz CT molecular complexity index is 750. The first kappa shape index (κ1) is 11.7. The van der Waals surface area contributed by atoms with Gasteiger partial charge in [0.2, 0.25) is 0 Å². The second-order valence-corrected chi connectivity index (χ2v) is 5.43. The van der Waals surface area contributed by atoms with Crippen LogP contribution < -0.4 is 0 Å². The molecule has 0 aliphatic carbocycles. The van der Waals surface area contributed by atoms with Crippen LogP contribution in [0.1, 0.15) is 34.2 Å². The first-order valence-electron chi connectivity index (χ1n) is 6.52. The third kappa shape index (κ3) is 1.32. The maximum Gasteiger partial charge on any atom is 0.258 e. The van der Waals surface area contributed by atoms with Crippen LogP contribution in [0.15, 0.2) is 31.1 Å². The zero-order valence-corrected chi connectivity index (χ0v) is 11.5. The smallest absolute Gasteiger partial charge is 0.258 e. The summed E-state index contributed by atoms with van der Waals surface area (Å²) in [5, 5.41) is 0.486. The Kier molecular flexibility index (Phi) is 2.32. The van der Waals surface area contributed by atoms with Gasteiger partial charge >= 0.3 is 0 Å². The molecule has 0 spiro atoms. The standard InChI is InChI=1S/C15H12ClN3O/c1-2-10-14-12-6-7-18(12)15(20)13-9(16)4-3-5-11(13)19(14)8-17-10/h2-5,8,12H,1,6-7H2/t12-/m0/s1. The van der Waals surface area contributed by atoms with Gasteiger partial charge in [-0.3, -0.25) is 9.36 Å². The van der Waals surface area contributed by atoms with Crippen molar-refractivity contribution < 1.29 is 4.79 Å². The molecule has 0 bridgehead atoms. The summed E-state index contributed by atoms with van der Waals surface area (Å²) in [5.41, 5.74) is 3.22.